The quantitative estimate of drug-likeness (QED) is 0.603. The lowest BCUT2D eigenvalue weighted by atomic mass is 10.00. The standard InChI is InChI=1S/C22H22ClN5S/c1-15-12-20(28-11-10-17-4-2-3-5-18(17)14-28)26-21(25-15)27-22(29)24-13-16-6-8-19(23)9-7-16/h2-9,12H,10-11,13-14H2,1H3,(H2,24,25,26,27,29). The predicted octanol–water partition coefficient (Wildman–Crippen LogP) is 4.49. The van der Waals surface area contributed by atoms with Crippen molar-refractivity contribution < 1.29 is 0 Å². The highest BCUT2D eigenvalue weighted by Gasteiger charge is 2.18. The van der Waals surface area contributed by atoms with E-state index in [0.29, 0.717) is 17.6 Å². The average molecular weight is 424 g/mol. The Kier molecular flexibility index (Phi) is 5.92. The monoisotopic (exact) mass is 423 g/mol. The molecular formula is C22H22ClN5S. The highest BCUT2D eigenvalue weighted by atomic mass is 35.5. The molecule has 0 aliphatic carbocycles. The maximum absolute atomic E-state index is 5.92. The second-order valence-corrected chi connectivity index (χ2v) is 7.91. The highest BCUT2D eigenvalue weighted by molar-refractivity contribution is 7.80. The number of halogens is 1. The van der Waals surface area contributed by atoms with Gasteiger partial charge in [0.25, 0.3) is 0 Å². The largest absolute Gasteiger partial charge is 0.358 e. The molecule has 0 bridgehead atoms. The molecule has 5 nitrogen and oxygen atoms in total. The first kappa shape index (κ1) is 19.6. The third-order valence-corrected chi connectivity index (χ3v) is 5.39. The van der Waals surface area contributed by atoms with Crippen LogP contribution in [-0.4, -0.2) is 21.6 Å². The van der Waals surface area contributed by atoms with Crippen LogP contribution in [0, 0.1) is 6.92 Å². The molecule has 2 N–H and O–H groups in total. The minimum absolute atomic E-state index is 0.487. The minimum atomic E-state index is 0.487. The van der Waals surface area contributed by atoms with Crippen molar-refractivity contribution in [3.8, 4) is 0 Å². The van der Waals surface area contributed by atoms with E-state index in [2.05, 4.69) is 44.8 Å². The van der Waals surface area contributed by atoms with E-state index in [4.69, 9.17) is 28.8 Å². The zero-order chi connectivity index (χ0) is 20.2. The summed E-state index contributed by atoms with van der Waals surface area (Å²) in [6.45, 7) is 4.36. The Labute approximate surface area is 181 Å². The number of hydrogen-bond acceptors (Lipinski definition) is 4. The van der Waals surface area contributed by atoms with Gasteiger partial charge in [-0.05, 0) is 54.4 Å². The molecule has 7 heteroatoms. The number of nitrogens with zero attached hydrogens (tertiary/aromatic N) is 3. The number of thiocarbonyl (C=S) groups is 1. The Morgan fingerprint density at radius 2 is 1.86 bits per heavy atom. The maximum atomic E-state index is 5.92. The van der Waals surface area contributed by atoms with E-state index in [-0.39, 0.29) is 0 Å². The summed E-state index contributed by atoms with van der Waals surface area (Å²) in [7, 11) is 0. The van der Waals surface area contributed by atoms with Gasteiger partial charge < -0.3 is 15.5 Å². The van der Waals surface area contributed by atoms with Gasteiger partial charge in [0.05, 0.1) is 0 Å². The van der Waals surface area contributed by atoms with Crippen LogP contribution in [0.2, 0.25) is 5.02 Å². The smallest absolute Gasteiger partial charge is 0.231 e. The third-order valence-electron chi connectivity index (χ3n) is 4.89. The Hall–Kier alpha value is -2.70. The number of anilines is 2. The zero-order valence-electron chi connectivity index (χ0n) is 16.2. The van der Waals surface area contributed by atoms with Crippen molar-refractivity contribution in [1.29, 1.82) is 0 Å². The van der Waals surface area contributed by atoms with Gasteiger partial charge in [-0.1, -0.05) is 48.0 Å². The van der Waals surface area contributed by atoms with Crippen molar-refractivity contribution in [2.45, 2.75) is 26.4 Å². The van der Waals surface area contributed by atoms with Crippen LogP contribution in [0.15, 0.2) is 54.6 Å². The lowest BCUT2D eigenvalue weighted by Crippen LogP contribution is -2.32. The van der Waals surface area contributed by atoms with Gasteiger partial charge in [-0.3, -0.25) is 0 Å². The van der Waals surface area contributed by atoms with Crippen LogP contribution in [0.5, 0.6) is 0 Å². The van der Waals surface area contributed by atoms with Crippen molar-refractivity contribution in [3.63, 3.8) is 0 Å². The first-order valence-corrected chi connectivity index (χ1v) is 10.3. The second-order valence-electron chi connectivity index (χ2n) is 7.07. The molecule has 29 heavy (non-hydrogen) atoms. The first-order valence-electron chi connectivity index (χ1n) is 9.53. The van der Waals surface area contributed by atoms with E-state index < -0.39 is 0 Å². The second kappa shape index (κ2) is 8.76. The Balaban J connectivity index is 1.42. The summed E-state index contributed by atoms with van der Waals surface area (Å²) in [5, 5.41) is 7.50. The number of nitrogens with one attached hydrogen (secondary N) is 2. The molecule has 2 heterocycles. The van der Waals surface area contributed by atoms with Gasteiger partial charge in [0.15, 0.2) is 5.11 Å². The van der Waals surface area contributed by atoms with E-state index in [9.17, 15) is 0 Å². The average Bonchev–Trinajstić information content (AvgIpc) is 2.72. The summed E-state index contributed by atoms with van der Waals surface area (Å²) in [6.07, 6.45) is 1.02. The van der Waals surface area contributed by atoms with Gasteiger partial charge in [0, 0.05) is 36.4 Å². The van der Waals surface area contributed by atoms with Crippen LogP contribution in [0.3, 0.4) is 0 Å². The van der Waals surface area contributed by atoms with Crippen molar-refractivity contribution in [3.05, 3.63) is 82.0 Å². The molecule has 1 aliphatic heterocycles. The number of aromatic nitrogens is 2. The summed E-state index contributed by atoms with van der Waals surface area (Å²) in [4.78, 5) is 11.5. The van der Waals surface area contributed by atoms with Crippen LogP contribution < -0.4 is 15.5 Å². The summed E-state index contributed by atoms with van der Waals surface area (Å²) in [6, 6.07) is 18.3. The lowest BCUT2D eigenvalue weighted by Gasteiger charge is -2.30. The van der Waals surface area contributed by atoms with E-state index in [1.807, 2.05) is 37.3 Å². The van der Waals surface area contributed by atoms with Gasteiger partial charge in [0.2, 0.25) is 5.95 Å². The van der Waals surface area contributed by atoms with Crippen LogP contribution in [0.1, 0.15) is 22.4 Å². The number of aryl methyl sites for hydroxylation is 1. The van der Waals surface area contributed by atoms with E-state index >= 15 is 0 Å². The fraction of sp³-hybridized carbons (Fsp3) is 0.227. The van der Waals surface area contributed by atoms with E-state index in [1.54, 1.807) is 0 Å². The normalized spacial score (nSPS) is 13.0. The van der Waals surface area contributed by atoms with Crippen molar-refractivity contribution >= 4 is 40.7 Å². The molecule has 0 saturated heterocycles. The molecule has 148 valence electrons. The van der Waals surface area contributed by atoms with Gasteiger partial charge in [-0.25, -0.2) is 4.98 Å². The predicted molar refractivity (Wildman–Crippen MR) is 122 cm³/mol. The number of hydrogen-bond donors (Lipinski definition) is 2. The molecule has 2 aromatic carbocycles. The lowest BCUT2D eigenvalue weighted by molar-refractivity contribution is 0.719. The highest BCUT2D eigenvalue weighted by Crippen LogP contribution is 2.24. The Bertz CT molecular complexity index is 1020. The molecular weight excluding hydrogens is 402 g/mol. The summed E-state index contributed by atoms with van der Waals surface area (Å²) >= 11 is 11.3. The molecule has 0 radical (unpaired) electrons. The van der Waals surface area contributed by atoms with Gasteiger partial charge in [-0.15, -0.1) is 0 Å². The SMILES string of the molecule is Cc1cc(N2CCc3ccccc3C2)nc(NC(=S)NCc2ccc(Cl)cc2)n1. The number of fused-ring (bicyclic) bond motifs is 1. The first-order chi connectivity index (χ1) is 14.1. The van der Waals surface area contributed by atoms with Crippen molar-refractivity contribution in [1.82, 2.24) is 15.3 Å². The number of benzene rings is 2. The third kappa shape index (κ3) is 5.02. The van der Waals surface area contributed by atoms with Crippen molar-refractivity contribution in [2.75, 3.05) is 16.8 Å². The fourth-order valence-electron chi connectivity index (χ4n) is 3.39. The molecule has 0 saturated carbocycles. The molecule has 0 amide bonds. The van der Waals surface area contributed by atoms with Crippen LogP contribution in [0.25, 0.3) is 0 Å². The molecule has 0 unspecified atom stereocenters. The summed E-state index contributed by atoms with van der Waals surface area (Å²) < 4.78 is 0. The summed E-state index contributed by atoms with van der Waals surface area (Å²) in [5.41, 5.74) is 4.76. The minimum Gasteiger partial charge on any atom is -0.358 e. The molecule has 0 spiro atoms. The topological polar surface area (TPSA) is 53.1 Å². The van der Waals surface area contributed by atoms with Crippen molar-refractivity contribution in [2.24, 2.45) is 0 Å². The Morgan fingerprint density at radius 1 is 1.10 bits per heavy atom. The van der Waals surface area contributed by atoms with E-state index in [1.165, 1.54) is 11.1 Å². The van der Waals surface area contributed by atoms with E-state index in [0.717, 1.165) is 41.6 Å². The molecule has 0 fully saturated rings. The molecule has 1 aromatic heterocycles. The molecule has 3 aromatic rings. The molecule has 1 aliphatic rings. The van der Waals surface area contributed by atoms with Gasteiger partial charge >= 0.3 is 0 Å². The van der Waals surface area contributed by atoms with Crippen LogP contribution in [0.4, 0.5) is 11.8 Å². The van der Waals surface area contributed by atoms with Gasteiger partial charge in [0.1, 0.15) is 5.82 Å². The van der Waals surface area contributed by atoms with Crippen LogP contribution in [-0.2, 0) is 19.5 Å². The zero-order valence-corrected chi connectivity index (χ0v) is 17.7. The maximum Gasteiger partial charge on any atom is 0.231 e. The van der Waals surface area contributed by atoms with Gasteiger partial charge in [-0.2, -0.15) is 4.98 Å². The Morgan fingerprint density at radius 3 is 2.66 bits per heavy atom. The molecule has 0 atom stereocenters. The fourth-order valence-corrected chi connectivity index (χ4v) is 3.68. The van der Waals surface area contributed by atoms with Crippen LogP contribution >= 0.6 is 23.8 Å². The number of rotatable bonds is 4. The molecule has 4 rings (SSSR count). The summed E-state index contributed by atoms with van der Waals surface area (Å²) in [5.74, 6) is 1.42.